The minimum atomic E-state index is -0.0866. The predicted octanol–water partition coefficient (Wildman–Crippen LogP) is 3.66. The highest BCUT2D eigenvalue weighted by molar-refractivity contribution is 9.11. The zero-order valence-electron chi connectivity index (χ0n) is 11.1. The quantitative estimate of drug-likeness (QED) is 0.833. The summed E-state index contributed by atoms with van der Waals surface area (Å²) in [4.78, 5) is 17.4. The molecule has 2 aromatic rings. The van der Waals surface area contributed by atoms with Gasteiger partial charge >= 0.3 is 0 Å². The third-order valence-corrected chi connectivity index (χ3v) is 4.25. The van der Waals surface area contributed by atoms with Crippen LogP contribution in [-0.4, -0.2) is 17.4 Å². The van der Waals surface area contributed by atoms with Gasteiger partial charge < -0.3 is 10.6 Å². The van der Waals surface area contributed by atoms with Crippen LogP contribution in [0, 0.1) is 0 Å². The van der Waals surface area contributed by atoms with Gasteiger partial charge in [-0.25, -0.2) is 4.98 Å². The molecule has 2 heterocycles. The van der Waals surface area contributed by atoms with E-state index in [4.69, 9.17) is 0 Å². The van der Waals surface area contributed by atoms with Crippen molar-refractivity contribution >= 4 is 39.0 Å². The maximum absolute atomic E-state index is 12.1. The van der Waals surface area contributed by atoms with Crippen molar-refractivity contribution < 1.29 is 4.79 Å². The molecule has 2 aromatic heterocycles. The van der Waals surface area contributed by atoms with Crippen LogP contribution >= 0.6 is 27.3 Å². The van der Waals surface area contributed by atoms with E-state index >= 15 is 0 Å². The van der Waals surface area contributed by atoms with E-state index in [1.807, 2.05) is 12.1 Å². The number of carbonyl (C=O) groups excluding carboxylic acids is 1. The average Bonchev–Trinajstić information content (AvgIpc) is 2.88. The molecule has 0 aliphatic heterocycles. The number of nitrogens with zero attached hydrogens (tertiary/aromatic N) is 1. The summed E-state index contributed by atoms with van der Waals surface area (Å²) in [6.07, 6.45) is 2.67. The second-order valence-electron chi connectivity index (χ2n) is 4.25. The lowest BCUT2D eigenvalue weighted by molar-refractivity contribution is 0.0951. The third kappa shape index (κ3) is 4.31. The molecule has 0 unspecified atom stereocenters. The van der Waals surface area contributed by atoms with E-state index in [-0.39, 0.29) is 5.91 Å². The first kappa shape index (κ1) is 15.0. The fraction of sp³-hybridized carbons (Fsp3) is 0.286. The van der Waals surface area contributed by atoms with E-state index in [1.54, 1.807) is 29.7 Å². The van der Waals surface area contributed by atoms with Crippen molar-refractivity contribution in [3.63, 3.8) is 0 Å². The Labute approximate surface area is 130 Å². The summed E-state index contributed by atoms with van der Waals surface area (Å²) < 4.78 is 1.07. The summed E-state index contributed by atoms with van der Waals surface area (Å²) >= 11 is 5.02. The van der Waals surface area contributed by atoms with Crippen molar-refractivity contribution in [2.24, 2.45) is 0 Å². The molecule has 0 atom stereocenters. The van der Waals surface area contributed by atoms with Gasteiger partial charge in [-0.1, -0.05) is 6.92 Å². The Morgan fingerprint density at radius 3 is 2.95 bits per heavy atom. The van der Waals surface area contributed by atoms with E-state index < -0.39 is 0 Å². The molecule has 0 spiro atoms. The number of amides is 1. The summed E-state index contributed by atoms with van der Waals surface area (Å²) in [7, 11) is 0. The molecule has 0 radical (unpaired) electrons. The van der Waals surface area contributed by atoms with Crippen molar-refractivity contribution in [1.29, 1.82) is 0 Å². The smallest absolute Gasteiger partial charge is 0.251 e. The Hall–Kier alpha value is -1.40. The molecule has 4 nitrogen and oxygen atoms in total. The summed E-state index contributed by atoms with van der Waals surface area (Å²) in [5.74, 6) is 0.648. The predicted molar refractivity (Wildman–Crippen MR) is 86.2 cm³/mol. The maximum atomic E-state index is 12.1. The van der Waals surface area contributed by atoms with Crippen LogP contribution in [0.25, 0.3) is 0 Å². The van der Waals surface area contributed by atoms with Gasteiger partial charge in [0.15, 0.2) is 0 Å². The summed E-state index contributed by atoms with van der Waals surface area (Å²) in [6.45, 7) is 3.47. The van der Waals surface area contributed by atoms with Gasteiger partial charge in [-0.15, -0.1) is 11.3 Å². The van der Waals surface area contributed by atoms with Gasteiger partial charge in [0.2, 0.25) is 0 Å². The third-order valence-electron chi connectivity index (χ3n) is 2.63. The van der Waals surface area contributed by atoms with Gasteiger partial charge in [-0.05, 0) is 46.6 Å². The van der Waals surface area contributed by atoms with Crippen molar-refractivity contribution in [2.75, 3.05) is 11.9 Å². The van der Waals surface area contributed by atoms with Crippen molar-refractivity contribution in [3.05, 3.63) is 44.7 Å². The van der Waals surface area contributed by atoms with Crippen molar-refractivity contribution in [3.8, 4) is 0 Å². The normalized spacial score (nSPS) is 10.3. The fourth-order valence-corrected chi connectivity index (χ4v) is 3.06. The molecule has 20 heavy (non-hydrogen) atoms. The van der Waals surface area contributed by atoms with Crippen molar-refractivity contribution in [2.45, 2.75) is 19.9 Å². The number of anilines is 1. The molecule has 0 saturated heterocycles. The molecule has 0 bridgehead atoms. The fourth-order valence-electron chi connectivity index (χ4n) is 1.64. The first-order valence-electron chi connectivity index (χ1n) is 6.41. The summed E-state index contributed by atoms with van der Waals surface area (Å²) in [5.41, 5.74) is 0.620. The Kier molecular flexibility index (Phi) is 5.55. The van der Waals surface area contributed by atoms with Crippen LogP contribution in [0.3, 0.4) is 0 Å². The molecule has 0 saturated carbocycles. The van der Waals surface area contributed by atoms with Gasteiger partial charge in [-0.3, -0.25) is 4.79 Å². The molecule has 0 aliphatic rings. The Morgan fingerprint density at radius 2 is 2.25 bits per heavy atom. The molecule has 2 rings (SSSR count). The number of carbonyl (C=O) groups is 1. The molecule has 0 fully saturated rings. The SMILES string of the molecule is CCCNc1cc(C(=O)NCc2ccc(Br)s2)ccn1. The van der Waals surface area contributed by atoms with Crippen LogP contribution in [0.2, 0.25) is 0 Å². The molecule has 0 aromatic carbocycles. The molecule has 0 aliphatic carbocycles. The van der Waals surface area contributed by atoms with E-state index in [1.165, 1.54) is 0 Å². The molecular formula is C14H16BrN3OS. The van der Waals surface area contributed by atoms with E-state index in [0.29, 0.717) is 12.1 Å². The molecule has 2 N–H and O–H groups in total. The van der Waals surface area contributed by atoms with Gasteiger partial charge in [0.1, 0.15) is 5.82 Å². The van der Waals surface area contributed by atoms with Crippen LogP contribution in [-0.2, 0) is 6.54 Å². The van der Waals surface area contributed by atoms with Crippen LogP contribution in [0.15, 0.2) is 34.2 Å². The Bertz CT molecular complexity index is 585. The summed E-state index contributed by atoms with van der Waals surface area (Å²) in [6, 6.07) is 7.47. The Balaban J connectivity index is 1.94. The Morgan fingerprint density at radius 1 is 1.40 bits per heavy atom. The first-order chi connectivity index (χ1) is 9.69. The molecular weight excluding hydrogens is 338 g/mol. The molecule has 6 heteroatoms. The minimum Gasteiger partial charge on any atom is -0.370 e. The second-order valence-corrected chi connectivity index (χ2v) is 6.79. The lowest BCUT2D eigenvalue weighted by Crippen LogP contribution is -2.22. The highest BCUT2D eigenvalue weighted by Crippen LogP contribution is 2.21. The van der Waals surface area contributed by atoms with E-state index in [9.17, 15) is 4.79 Å². The molecule has 106 valence electrons. The zero-order valence-corrected chi connectivity index (χ0v) is 13.6. The standard InChI is InChI=1S/C14H16BrN3OS/c1-2-6-16-13-8-10(5-7-17-13)14(19)18-9-11-3-4-12(15)20-11/h3-5,7-8H,2,6,9H2,1H3,(H,16,17)(H,18,19). The highest BCUT2D eigenvalue weighted by atomic mass is 79.9. The number of thiophene rings is 1. The van der Waals surface area contributed by atoms with Crippen molar-refractivity contribution in [1.82, 2.24) is 10.3 Å². The van der Waals surface area contributed by atoms with Crippen LogP contribution < -0.4 is 10.6 Å². The van der Waals surface area contributed by atoms with Crippen LogP contribution in [0.4, 0.5) is 5.82 Å². The summed E-state index contributed by atoms with van der Waals surface area (Å²) in [5, 5.41) is 6.08. The number of aromatic nitrogens is 1. The van der Waals surface area contributed by atoms with Crippen LogP contribution in [0.5, 0.6) is 0 Å². The number of pyridine rings is 1. The highest BCUT2D eigenvalue weighted by Gasteiger charge is 2.07. The van der Waals surface area contributed by atoms with Crippen LogP contribution in [0.1, 0.15) is 28.6 Å². The lowest BCUT2D eigenvalue weighted by atomic mass is 10.2. The number of rotatable bonds is 6. The lowest BCUT2D eigenvalue weighted by Gasteiger charge is -2.07. The number of nitrogens with one attached hydrogen (secondary N) is 2. The molecule has 1 amide bonds. The zero-order chi connectivity index (χ0) is 14.4. The monoisotopic (exact) mass is 353 g/mol. The van der Waals surface area contributed by atoms with Gasteiger partial charge in [-0.2, -0.15) is 0 Å². The first-order valence-corrected chi connectivity index (χ1v) is 8.02. The van der Waals surface area contributed by atoms with E-state index in [2.05, 4.69) is 38.5 Å². The number of hydrogen-bond donors (Lipinski definition) is 2. The minimum absolute atomic E-state index is 0.0866. The van der Waals surface area contributed by atoms with Gasteiger partial charge in [0.25, 0.3) is 5.91 Å². The average molecular weight is 354 g/mol. The topological polar surface area (TPSA) is 54.0 Å². The van der Waals surface area contributed by atoms with Gasteiger partial charge in [0, 0.05) is 23.2 Å². The largest absolute Gasteiger partial charge is 0.370 e. The number of hydrogen-bond acceptors (Lipinski definition) is 4. The van der Waals surface area contributed by atoms with Gasteiger partial charge in [0.05, 0.1) is 10.3 Å². The second kappa shape index (κ2) is 7.40. The number of halogens is 1. The maximum Gasteiger partial charge on any atom is 0.251 e. The van der Waals surface area contributed by atoms with E-state index in [0.717, 1.165) is 27.4 Å².